The Morgan fingerprint density at radius 3 is 2.76 bits per heavy atom. The highest BCUT2D eigenvalue weighted by Crippen LogP contribution is 2.16. The van der Waals surface area contributed by atoms with E-state index >= 15 is 0 Å². The van der Waals surface area contributed by atoms with Crippen molar-refractivity contribution in [1.29, 1.82) is 0 Å². The second kappa shape index (κ2) is 7.13. The van der Waals surface area contributed by atoms with E-state index < -0.39 is 10.0 Å². The van der Waals surface area contributed by atoms with Crippen molar-refractivity contribution in [3.8, 4) is 0 Å². The zero-order valence-electron chi connectivity index (χ0n) is 14.7. The molecule has 1 saturated heterocycles. The average molecular weight is 364 g/mol. The molecule has 0 unspecified atom stereocenters. The van der Waals surface area contributed by atoms with Crippen LogP contribution in [0.4, 0.5) is 0 Å². The zero-order valence-corrected chi connectivity index (χ0v) is 15.5. The van der Waals surface area contributed by atoms with Gasteiger partial charge in [-0.25, -0.2) is 17.7 Å². The van der Waals surface area contributed by atoms with Crippen LogP contribution in [0.25, 0.3) is 11.0 Å². The molecule has 25 heavy (non-hydrogen) atoms. The number of carbonyl (C=O) groups is 1. The molecule has 1 aromatic carbocycles. The van der Waals surface area contributed by atoms with Gasteiger partial charge in [0.05, 0.1) is 29.5 Å². The predicted octanol–water partition coefficient (Wildman–Crippen LogP) is 1.000. The summed E-state index contributed by atoms with van der Waals surface area (Å²) < 4.78 is 27.5. The molecule has 2 aromatic rings. The molecule has 1 aromatic heterocycles. The minimum Gasteiger partial charge on any atom is -0.341 e. The molecular weight excluding hydrogens is 340 g/mol. The summed E-state index contributed by atoms with van der Waals surface area (Å²) in [6, 6.07) is 5.87. The van der Waals surface area contributed by atoms with Crippen molar-refractivity contribution in [1.82, 2.24) is 18.8 Å². The fourth-order valence-corrected chi connectivity index (χ4v) is 4.31. The van der Waals surface area contributed by atoms with Gasteiger partial charge in [0, 0.05) is 33.2 Å². The first kappa shape index (κ1) is 17.9. The number of rotatable bonds is 4. The van der Waals surface area contributed by atoms with Crippen LogP contribution in [0.3, 0.4) is 0 Å². The molecule has 1 aliphatic rings. The Morgan fingerprint density at radius 2 is 2.00 bits per heavy atom. The molecule has 3 rings (SSSR count). The smallest absolute Gasteiger partial charge is 0.227 e. The summed E-state index contributed by atoms with van der Waals surface area (Å²) >= 11 is 0. The number of nitrogens with zero attached hydrogens (tertiary/aromatic N) is 4. The second-order valence-electron chi connectivity index (χ2n) is 6.39. The van der Waals surface area contributed by atoms with Gasteiger partial charge in [-0.2, -0.15) is 0 Å². The summed E-state index contributed by atoms with van der Waals surface area (Å²) in [6.45, 7) is 3.56. The Morgan fingerprint density at radius 1 is 1.20 bits per heavy atom. The van der Waals surface area contributed by atoms with Crippen LogP contribution in [-0.4, -0.2) is 65.0 Å². The summed E-state index contributed by atoms with van der Waals surface area (Å²) in [6.07, 6.45) is 2.74. The Balaban J connectivity index is 1.66. The van der Waals surface area contributed by atoms with Crippen LogP contribution in [-0.2, 0) is 28.3 Å². The van der Waals surface area contributed by atoms with Crippen LogP contribution >= 0.6 is 0 Å². The van der Waals surface area contributed by atoms with E-state index in [0.29, 0.717) is 39.0 Å². The maximum absolute atomic E-state index is 12.6. The zero-order chi connectivity index (χ0) is 18.0. The summed E-state index contributed by atoms with van der Waals surface area (Å²) in [5.74, 6) is 0.136. The van der Waals surface area contributed by atoms with Crippen LogP contribution in [0, 0.1) is 0 Å². The van der Waals surface area contributed by atoms with Crippen molar-refractivity contribution < 1.29 is 13.2 Å². The van der Waals surface area contributed by atoms with Crippen LogP contribution in [0.2, 0.25) is 0 Å². The Hall–Kier alpha value is -1.93. The molecule has 8 heteroatoms. The molecule has 7 nitrogen and oxygen atoms in total. The topological polar surface area (TPSA) is 75.5 Å². The van der Waals surface area contributed by atoms with Crippen LogP contribution < -0.4 is 0 Å². The van der Waals surface area contributed by atoms with E-state index in [4.69, 9.17) is 0 Å². The van der Waals surface area contributed by atoms with Crippen LogP contribution in [0.5, 0.6) is 0 Å². The lowest BCUT2D eigenvalue weighted by Gasteiger charge is -2.21. The SMILES string of the molecule is CCS(=O)(=O)N1CCCN(C(=O)Cc2ccc3c(c2)ncn3C)CC1. The van der Waals surface area contributed by atoms with Gasteiger partial charge in [-0.1, -0.05) is 6.07 Å². The highest BCUT2D eigenvalue weighted by atomic mass is 32.2. The lowest BCUT2D eigenvalue weighted by atomic mass is 10.1. The maximum Gasteiger partial charge on any atom is 0.227 e. The van der Waals surface area contributed by atoms with Gasteiger partial charge >= 0.3 is 0 Å². The summed E-state index contributed by atoms with van der Waals surface area (Å²) in [7, 11) is -1.25. The van der Waals surface area contributed by atoms with Crippen molar-refractivity contribution in [3.63, 3.8) is 0 Å². The largest absolute Gasteiger partial charge is 0.341 e. The van der Waals surface area contributed by atoms with E-state index in [2.05, 4.69) is 4.98 Å². The lowest BCUT2D eigenvalue weighted by Crippen LogP contribution is -2.38. The van der Waals surface area contributed by atoms with Gasteiger partial charge in [0.15, 0.2) is 0 Å². The first-order valence-electron chi connectivity index (χ1n) is 8.56. The number of fused-ring (bicyclic) bond motifs is 1. The Kier molecular flexibility index (Phi) is 5.10. The molecule has 136 valence electrons. The van der Waals surface area contributed by atoms with Gasteiger partial charge in [0.2, 0.25) is 15.9 Å². The van der Waals surface area contributed by atoms with Gasteiger partial charge in [-0.3, -0.25) is 4.79 Å². The molecule has 0 bridgehead atoms. The van der Waals surface area contributed by atoms with Crippen molar-refractivity contribution in [3.05, 3.63) is 30.1 Å². The quantitative estimate of drug-likeness (QED) is 0.811. The highest BCUT2D eigenvalue weighted by molar-refractivity contribution is 7.89. The fourth-order valence-electron chi connectivity index (χ4n) is 3.18. The summed E-state index contributed by atoms with van der Waals surface area (Å²) in [5.41, 5.74) is 2.84. The number of amides is 1. The number of hydrogen-bond acceptors (Lipinski definition) is 4. The second-order valence-corrected chi connectivity index (χ2v) is 8.65. The van der Waals surface area contributed by atoms with Gasteiger partial charge in [0.25, 0.3) is 0 Å². The third kappa shape index (κ3) is 3.85. The van der Waals surface area contributed by atoms with E-state index in [0.717, 1.165) is 16.6 Å². The van der Waals surface area contributed by atoms with Gasteiger partial charge in [0.1, 0.15) is 0 Å². The normalized spacial score (nSPS) is 17.0. The Labute approximate surface area is 148 Å². The van der Waals surface area contributed by atoms with Crippen molar-refractivity contribution in [2.24, 2.45) is 7.05 Å². The van der Waals surface area contributed by atoms with Crippen molar-refractivity contribution in [2.75, 3.05) is 31.9 Å². The number of hydrogen-bond donors (Lipinski definition) is 0. The number of benzene rings is 1. The van der Waals surface area contributed by atoms with Gasteiger partial charge in [-0.05, 0) is 31.0 Å². The minimum absolute atomic E-state index is 0.0334. The van der Waals surface area contributed by atoms with Crippen LogP contribution in [0.1, 0.15) is 18.9 Å². The molecule has 1 amide bonds. The number of aromatic nitrogens is 2. The highest BCUT2D eigenvalue weighted by Gasteiger charge is 2.25. The van der Waals surface area contributed by atoms with E-state index in [-0.39, 0.29) is 11.7 Å². The summed E-state index contributed by atoms with van der Waals surface area (Å²) in [4.78, 5) is 18.7. The molecule has 1 fully saturated rings. The molecule has 0 atom stereocenters. The molecule has 2 heterocycles. The maximum atomic E-state index is 12.6. The number of sulfonamides is 1. The van der Waals surface area contributed by atoms with E-state index in [9.17, 15) is 13.2 Å². The molecule has 1 aliphatic heterocycles. The van der Waals surface area contributed by atoms with E-state index in [1.165, 1.54) is 4.31 Å². The molecule has 0 N–H and O–H groups in total. The van der Waals surface area contributed by atoms with Crippen LogP contribution in [0.15, 0.2) is 24.5 Å². The summed E-state index contributed by atoms with van der Waals surface area (Å²) in [5, 5.41) is 0. The van der Waals surface area contributed by atoms with Gasteiger partial charge in [-0.15, -0.1) is 0 Å². The van der Waals surface area contributed by atoms with Crippen molar-refractivity contribution in [2.45, 2.75) is 19.8 Å². The third-order valence-corrected chi connectivity index (χ3v) is 6.59. The number of aryl methyl sites for hydroxylation is 1. The average Bonchev–Trinajstić information content (AvgIpc) is 2.81. The first-order valence-corrected chi connectivity index (χ1v) is 10.2. The Bertz CT molecular complexity index is 875. The third-order valence-electron chi connectivity index (χ3n) is 4.71. The fraction of sp³-hybridized carbons (Fsp3) is 0.529. The molecular formula is C17H24N4O3S. The molecule has 0 aliphatic carbocycles. The molecule has 0 radical (unpaired) electrons. The molecule has 0 saturated carbocycles. The number of imidazole rings is 1. The predicted molar refractivity (Wildman–Crippen MR) is 96.6 cm³/mol. The lowest BCUT2D eigenvalue weighted by molar-refractivity contribution is -0.130. The van der Waals surface area contributed by atoms with Gasteiger partial charge < -0.3 is 9.47 Å². The first-order chi connectivity index (χ1) is 11.9. The minimum atomic E-state index is -3.19. The standard InChI is InChI=1S/C17H24N4O3S/c1-3-25(23,24)21-8-4-7-20(9-10-21)17(22)12-14-5-6-16-15(11-14)18-13-19(16)2/h5-6,11,13H,3-4,7-10,12H2,1-2H3. The van der Waals surface area contributed by atoms with Crippen molar-refractivity contribution >= 4 is 27.0 Å². The molecule has 0 spiro atoms. The van der Waals surface area contributed by atoms with E-state index in [1.54, 1.807) is 18.2 Å². The monoisotopic (exact) mass is 364 g/mol. The van der Waals surface area contributed by atoms with E-state index in [1.807, 2.05) is 29.8 Å². The number of carbonyl (C=O) groups excluding carboxylic acids is 1.